The maximum Gasteiger partial charge on any atom is 0.0628 e. The number of ether oxygens (including phenoxy) is 1. The predicted octanol–water partition coefficient (Wildman–Crippen LogP) is 2.27. The first kappa shape index (κ1) is 14.9. The van der Waals surface area contributed by atoms with E-state index in [4.69, 9.17) is 4.74 Å². The average Bonchev–Trinajstić information content (AvgIpc) is 2.55. The van der Waals surface area contributed by atoms with Crippen LogP contribution in [0.5, 0.6) is 0 Å². The lowest BCUT2D eigenvalue weighted by Crippen LogP contribution is -2.47. The molecule has 2 atom stereocenters. The molecule has 0 aliphatic carbocycles. The van der Waals surface area contributed by atoms with E-state index in [2.05, 4.69) is 24.1 Å². The Bertz CT molecular complexity index is 181. The van der Waals surface area contributed by atoms with E-state index in [9.17, 15) is 0 Å². The van der Waals surface area contributed by atoms with Crippen LogP contribution in [-0.4, -0.2) is 50.3 Å². The quantitative estimate of drug-likeness (QED) is 0.741. The highest BCUT2D eigenvalue weighted by Gasteiger charge is 2.22. The molecule has 1 aliphatic heterocycles. The van der Waals surface area contributed by atoms with Gasteiger partial charge in [-0.2, -0.15) is 0 Å². The number of hydrogen-bond donors (Lipinski definition) is 1. The maximum atomic E-state index is 5.31. The topological polar surface area (TPSA) is 24.5 Å². The molecule has 0 amide bonds. The second-order valence-electron chi connectivity index (χ2n) is 5.12. The molecule has 1 rings (SSSR count). The highest BCUT2D eigenvalue weighted by molar-refractivity contribution is 4.79. The van der Waals surface area contributed by atoms with Gasteiger partial charge in [-0.1, -0.05) is 26.7 Å². The van der Waals surface area contributed by atoms with Gasteiger partial charge in [0.25, 0.3) is 0 Å². The van der Waals surface area contributed by atoms with Crippen molar-refractivity contribution in [3.05, 3.63) is 0 Å². The lowest BCUT2D eigenvalue weighted by Gasteiger charge is -2.32. The van der Waals surface area contributed by atoms with Gasteiger partial charge in [0.05, 0.1) is 6.61 Å². The third-order valence-electron chi connectivity index (χ3n) is 3.79. The van der Waals surface area contributed by atoms with Gasteiger partial charge in [-0.25, -0.2) is 0 Å². The third kappa shape index (κ3) is 5.36. The fourth-order valence-electron chi connectivity index (χ4n) is 2.89. The van der Waals surface area contributed by atoms with E-state index < -0.39 is 0 Å². The van der Waals surface area contributed by atoms with Gasteiger partial charge in [-0.15, -0.1) is 0 Å². The zero-order valence-corrected chi connectivity index (χ0v) is 11.9. The minimum atomic E-state index is 0.483. The summed E-state index contributed by atoms with van der Waals surface area (Å²) in [4.78, 5) is 2.68. The fraction of sp³-hybridized carbons (Fsp3) is 1.00. The Labute approximate surface area is 107 Å². The first-order valence-electron chi connectivity index (χ1n) is 7.28. The molecular formula is C14H30N2O. The average molecular weight is 242 g/mol. The first-order valence-corrected chi connectivity index (χ1v) is 7.28. The molecule has 3 heteroatoms. The zero-order chi connectivity index (χ0) is 12.5. The van der Waals surface area contributed by atoms with Crippen LogP contribution in [0, 0.1) is 0 Å². The lowest BCUT2D eigenvalue weighted by atomic mass is 10.1. The van der Waals surface area contributed by atoms with Crippen molar-refractivity contribution in [1.29, 1.82) is 0 Å². The molecule has 0 radical (unpaired) electrons. The zero-order valence-electron chi connectivity index (χ0n) is 11.9. The maximum absolute atomic E-state index is 5.31. The van der Waals surface area contributed by atoms with Crippen molar-refractivity contribution in [1.82, 2.24) is 10.2 Å². The number of likely N-dealkylation sites (tertiary alicyclic amines) is 1. The monoisotopic (exact) mass is 242 g/mol. The van der Waals surface area contributed by atoms with Crippen LogP contribution in [-0.2, 0) is 4.74 Å². The van der Waals surface area contributed by atoms with Crippen molar-refractivity contribution in [2.45, 2.75) is 58.0 Å². The second kappa shape index (κ2) is 8.90. The van der Waals surface area contributed by atoms with Crippen LogP contribution in [0.15, 0.2) is 0 Å². The molecule has 1 aliphatic rings. The highest BCUT2D eigenvalue weighted by Crippen LogP contribution is 2.19. The summed E-state index contributed by atoms with van der Waals surface area (Å²) in [5.41, 5.74) is 0. The van der Waals surface area contributed by atoms with E-state index in [1.165, 1.54) is 38.6 Å². The summed E-state index contributed by atoms with van der Waals surface area (Å²) in [5, 5.41) is 3.53. The Morgan fingerprint density at radius 3 is 2.76 bits per heavy atom. The van der Waals surface area contributed by atoms with Gasteiger partial charge in [0.2, 0.25) is 0 Å². The molecule has 0 saturated carbocycles. The first-order chi connectivity index (χ1) is 8.31. The van der Waals surface area contributed by atoms with Crippen LogP contribution >= 0.6 is 0 Å². The summed E-state index contributed by atoms with van der Waals surface area (Å²) in [6.45, 7) is 8.74. The van der Waals surface area contributed by atoms with E-state index >= 15 is 0 Å². The highest BCUT2D eigenvalue weighted by atomic mass is 16.5. The van der Waals surface area contributed by atoms with Crippen LogP contribution in [0.2, 0.25) is 0 Å². The van der Waals surface area contributed by atoms with Crippen LogP contribution < -0.4 is 5.32 Å². The Balaban J connectivity index is 2.47. The van der Waals surface area contributed by atoms with Crippen molar-refractivity contribution in [2.24, 2.45) is 0 Å². The van der Waals surface area contributed by atoms with Crippen molar-refractivity contribution in [3.63, 3.8) is 0 Å². The minimum absolute atomic E-state index is 0.483. The summed E-state index contributed by atoms with van der Waals surface area (Å²) >= 11 is 0. The summed E-state index contributed by atoms with van der Waals surface area (Å²) in [7, 11) is 1.80. The molecule has 0 aromatic carbocycles. The standard InChI is InChI=1S/C14H30N2O/c1-4-14-9-7-6-8-10-16(14)11-13(12-17-3)15-5-2/h13-15H,4-12H2,1-3H3. The molecule has 1 saturated heterocycles. The van der Waals surface area contributed by atoms with Crippen LogP contribution in [0.25, 0.3) is 0 Å². The van der Waals surface area contributed by atoms with Gasteiger partial charge in [0.15, 0.2) is 0 Å². The van der Waals surface area contributed by atoms with Gasteiger partial charge >= 0.3 is 0 Å². The van der Waals surface area contributed by atoms with Crippen molar-refractivity contribution in [2.75, 3.05) is 33.4 Å². The Kier molecular flexibility index (Phi) is 7.82. The van der Waals surface area contributed by atoms with Crippen molar-refractivity contribution in [3.8, 4) is 0 Å². The molecule has 1 heterocycles. The molecular weight excluding hydrogens is 212 g/mol. The SMILES string of the molecule is CCNC(COC)CN1CCCCCC1CC. The molecule has 1 fully saturated rings. The second-order valence-corrected chi connectivity index (χ2v) is 5.12. The molecule has 1 N–H and O–H groups in total. The Morgan fingerprint density at radius 1 is 1.29 bits per heavy atom. The fourth-order valence-corrected chi connectivity index (χ4v) is 2.89. The van der Waals surface area contributed by atoms with E-state index in [0.29, 0.717) is 6.04 Å². The minimum Gasteiger partial charge on any atom is -0.383 e. The molecule has 0 aromatic rings. The van der Waals surface area contributed by atoms with E-state index in [1.54, 1.807) is 7.11 Å². The van der Waals surface area contributed by atoms with E-state index in [0.717, 1.165) is 25.7 Å². The van der Waals surface area contributed by atoms with Crippen molar-refractivity contribution < 1.29 is 4.74 Å². The largest absolute Gasteiger partial charge is 0.383 e. The molecule has 102 valence electrons. The predicted molar refractivity (Wildman–Crippen MR) is 73.5 cm³/mol. The number of methoxy groups -OCH3 is 1. The number of nitrogens with zero attached hydrogens (tertiary/aromatic N) is 1. The number of rotatable bonds is 7. The molecule has 0 aromatic heterocycles. The summed E-state index contributed by atoms with van der Waals surface area (Å²) in [5.74, 6) is 0. The summed E-state index contributed by atoms with van der Waals surface area (Å²) in [6, 6.07) is 1.27. The van der Waals surface area contributed by atoms with Gasteiger partial charge in [-0.3, -0.25) is 4.90 Å². The number of likely N-dealkylation sites (N-methyl/N-ethyl adjacent to an activating group) is 1. The van der Waals surface area contributed by atoms with E-state index in [1.807, 2.05) is 0 Å². The van der Waals surface area contributed by atoms with Gasteiger partial charge < -0.3 is 10.1 Å². The number of hydrogen-bond acceptors (Lipinski definition) is 3. The van der Waals surface area contributed by atoms with Gasteiger partial charge in [0.1, 0.15) is 0 Å². The molecule has 17 heavy (non-hydrogen) atoms. The molecule has 2 unspecified atom stereocenters. The normalized spacial score (nSPS) is 24.5. The molecule has 0 spiro atoms. The molecule has 3 nitrogen and oxygen atoms in total. The van der Waals surface area contributed by atoms with Crippen LogP contribution in [0.1, 0.15) is 46.0 Å². The van der Waals surface area contributed by atoms with Gasteiger partial charge in [-0.05, 0) is 32.4 Å². The van der Waals surface area contributed by atoms with Crippen LogP contribution in [0.4, 0.5) is 0 Å². The smallest absolute Gasteiger partial charge is 0.0628 e. The Hall–Kier alpha value is -0.120. The number of nitrogens with one attached hydrogen (secondary N) is 1. The van der Waals surface area contributed by atoms with Crippen LogP contribution in [0.3, 0.4) is 0 Å². The van der Waals surface area contributed by atoms with E-state index in [-0.39, 0.29) is 0 Å². The van der Waals surface area contributed by atoms with Gasteiger partial charge in [0, 0.05) is 25.7 Å². The third-order valence-corrected chi connectivity index (χ3v) is 3.79. The summed E-state index contributed by atoms with van der Waals surface area (Å²) < 4.78 is 5.31. The summed E-state index contributed by atoms with van der Waals surface area (Å²) in [6.07, 6.45) is 6.84. The van der Waals surface area contributed by atoms with Crippen molar-refractivity contribution >= 4 is 0 Å². The Morgan fingerprint density at radius 2 is 2.12 bits per heavy atom. The molecule has 0 bridgehead atoms. The lowest BCUT2D eigenvalue weighted by molar-refractivity contribution is 0.118.